The lowest BCUT2D eigenvalue weighted by Crippen LogP contribution is -2.44. The van der Waals surface area contributed by atoms with Gasteiger partial charge in [-0.3, -0.25) is 4.79 Å². The van der Waals surface area contributed by atoms with Crippen LogP contribution in [0.5, 0.6) is 0 Å². The summed E-state index contributed by atoms with van der Waals surface area (Å²) >= 11 is 0. The van der Waals surface area contributed by atoms with Crippen LogP contribution in [0, 0.1) is 0 Å². The minimum Gasteiger partial charge on any atom is -0.342 e. The van der Waals surface area contributed by atoms with Gasteiger partial charge in [0.1, 0.15) is 0 Å². The van der Waals surface area contributed by atoms with Crippen molar-refractivity contribution in [2.45, 2.75) is 40.7 Å². The summed E-state index contributed by atoms with van der Waals surface area (Å²) in [5.74, 6) is 0.183. The molecular formula is C12H24N2O. The van der Waals surface area contributed by atoms with E-state index < -0.39 is 0 Å². The Labute approximate surface area is 93.5 Å². The highest BCUT2D eigenvalue weighted by Crippen LogP contribution is 1.95. The average Bonchev–Trinajstić information content (AvgIpc) is 2.18. The Hall–Kier alpha value is -0.830. The first-order valence-corrected chi connectivity index (χ1v) is 5.68. The third kappa shape index (κ3) is 5.57. The maximum absolute atomic E-state index is 11.8. The van der Waals surface area contributed by atoms with Crippen molar-refractivity contribution in [3.63, 3.8) is 0 Å². The third-order valence-electron chi connectivity index (χ3n) is 2.38. The molecule has 0 heterocycles. The second-order valence-corrected chi connectivity index (χ2v) is 3.92. The van der Waals surface area contributed by atoms with Crippen LogP contribution in [0.2, 0.25) is 0 Å². The standard InChI is InChI=1S/C12H24N2O/c1-6-14(7-2)12(15)11(5)13-9-8-10(3)4/h8,11,13H,6-7,9H2,1-5H3. The largest absolute Gasteiger partial charge is 0.342 e. The monoisotopic (exact) mass is 212 g/mol. The van der Waals surface area contributed by atoms with Gasteiger partial charge < -0.3 is 10.2 Å². The van der Waals surface area contributed by atoms with Gasteiger partial charge >= 0.3 is 0 Å². The van der Waals surface area contributed by atoms with Crippen molar-refractivity contribution < 1.29 is 4.79 Å². The molecule has 0 aliphatic heterocycles. The van der Waals surface area contributed by atoms with Crippen LogP contribution in [0.3, 0.4) is 0 Å². The molecule has 0 aromatic rings. The Morgan fingerprint density at radius 3 is 2.27 bits per heavy atom. The number of hydrogen-bond acceptors (Lipinski definition) is 2. The molecule has 0 bridgehead atoms. The number of carbonyl (C=O) groups excluding carboxylic acids is 1. The van der Waals surface area contributed by atoms with Gasteiger partial charge in [0.15, 0.2) is 0 Å². The van der Waals surface area contributed by atoms with Gasteiger partial charge in [0.25, 0.3) is 0 Å². The second kappa shape index (κ2) is 7.46. The van der Waals surface area contributed by atoms with Crippen LogP contribution < -0.4 is 5.32 Å². The molecule has 3 heteroatoms. The van der Waals surface area contributed by atoms with Crippen LogP contribution >= 0.6 is 0 Å². The Kier molecular flexibility index (Phi) is 7.05. The molecule has 0 aromatic heterocycles. The Morgan fingerprint density at radius 2 is 1.87 bits per heavy atom. The number of nitrogens with zero attached hydrogens (tertiary/aromatic N) is 1. The van der Waals surface area contributed by atoms with Crippen LogP contribution in [0.1, 0.15) is 34.6 Å². The van der Waals surface area contributed by atoms with Gasteiger partial charge in [0.05, 0.1) is 6.04 Å². The Balaban J connectivity index is 4.03. The van der Waals surface area contributed by atoms with Gasteiger partial charge in [0, 0.05) is 19.6 Å². The predicted octanol–water partition coefficient (Wildman–Crippen LogP) is 1.80. The molecule has 88 valence electrons. The molecule has 0 aliphatic rings. The van der Waals surface area contributed by atoms with Crippen LogP contribution in [-0.4, -0.2) is 36.5 Å². The molecule has 0 radical (unpaired) electrons. The number of allylic oxidation sites excluding steroid dienone is 1. The molecule has 3 nitrogen and oxygen atoms in total. The van der Waals surface area contributed by atoms with E-state index in [1.807, 2.05) is 25.7 Å². The van der Waals surface area contributed by atoms with E-state index >= 15 is 0 Å². The summed E-state index contributed by atoms with van der Waals surface area (Å²) in [5.41, 5.74) is 1.27. The van der Waals surface area contributed by atoms with Crippen LogP contribution in [0.4, 0.5) is 0 Å². The fourth-order valence-corrected chi connectivity index (χ4v) is 1.34. The average molecular weight is 212 g/mol. The minimum atomic E-state index is -0.0968. The SMILES string of the molecule is CCN(CC)C(=O)C(C)NCC=C(C)C. The number of amides is 1. The predicted molar refractivity (Wildman–Crippen MR) is 64.8 cm³/mol. The lowest BCUT2D eigenvalue weighted by Gasteiger charge is -2.23. The highest BCUT2D eigenvalue weighted by atomic mass is 16.2. The zero-order valence-electron chi connectivity index (χ0n) is 10.6. The van der Waals surface area contributed by atoms with Gasteiger partial charge in [-0.05, 0) is 34.6 Å². The van der Waals surface area contributed by atoms with Crippen molar-refractivity contribution in [2.75, 3.05) is 19.6 Å². The molecule has 0 spiro atoms. The molecule has 0 saturated heterocycles. The summed E-state index contributed by atoms with van der Waals surface area (Å²) in [6.45, 7) is 12.4. The molecule has 15 heavy (non-hydrogen) atoms. The van der Waals surface area contributed by atoms with E-state index in [0.29, 0.717) is 0 Å². The fourth-order valence-electron chi connectivity index (χ4n) is 1.34. The summed E-state index contributed by atoms with van der Waals surface area (Å²) in [4.78, 5) is 13.7. The first-order valence-electron chi connectivity index (χ1n) is 5.68. The molecular weight excluding hydrogens is 188 g/mol. The summed E-state index contributed by atoms with van der Waals surface area (Å²) < 4.78 is 0. The maximum atomic E-state index is 11.8. The topological polar surface area (TPSA) is 32.3 Å². The summed E-state index contributed by atoms with van der Waals surface area (Å²) in [6, 6.07) is -0.0968. The molecule has 0 saturated carbocycles. The van der Waals surface area contributed by atoms with E-state index in [1.54, 1.807) is 0 Å². The number of nitrogens with one attached hydrogen (secondary N) is 1. The van der Waals surface area contributed by atoms with Gasteiger partial charge in [-0.1, -0.05) is 11.6 Å². The van der Waals surface area contributed by atoms with Crippen LogP contribution in [-0.2, 0) is 4.79 Å². The number of rotatable bonds is 6. The zero-order valence-corrected chi connectivity index (χ0v) is 10.6. The Morgan fingerprint density at radius 1 is 1.33 bits per heavy atom. The maximum Gasteiger partial charge on any atom is 0.239 e. The summed E-state index contributed by atoms with van der Waals surface area (Å²) in [6.07, 6.45) is 2.09. The van der Waals surface area contributed by atoms with Gasteiger partial charge in [0.2, 0.25) is 5.91 Å². The molecule has 0 aliphatic carbocycles. The number of carbonyl (C=O) groups is 1. The van der Waals surface area contributed by atoms with Crippen molar-refractivity contribution in [2.24, 2.45) is 0 Å². The summed E-state index contributed by atoms with van der Waals surface area (Å²) in [7, 11) is 0. The quantitative estimate of drug-likeness (QED) is 0.681. The van der Waals surface area contributed by atoms with Crippen LogP contribution in [0.15, 0.2) is 11.6 Å². The smallest absolute Gasteiger partial charge is 0.239 e. The normalized spacial score (nSPS) is 12.1. The lowest BCUT2D eigenvalue weighted by atomic mass is 10.2. The van der Waals surface area contributed by atoms with Crippen molar-refractivity contribution >= 4 is 5.91 Å². The molecule has 1 unspecified atom stereocenters. The van der Waals surface area contributed by atoms with Gasteiger partial charge in [-0.15, -0.1) is 0 Å². The van der Waals surface area contributed by atoms with E-state index in [1.165, 1.54) is 5.57 Å². The van der Waals surface area contributed by atoms with E-state index in [4.69, 9.17) is 0 Å². The Bertz CT molecular complexity index is 216. The molecule has 0 rings (SSSR count). The van der Waals surface area contributed by atoms with Crippen molar-refractivity contribution in [3.05, 3.63) is 11.6 Å². The third-order valence-corrected chi connectivity index (χ3v) is 2.38. The van der Waals surface area contributed by atoms with E-state index in [0.717, 1.165) is 19.6 Å². The highest BCUT2D eigenvalue weighted by Gasteiger charge is 2.16. The van der Waals surface area contributed by atoms with Crippen molar-refractivity contribution in [1.82, 2.24) is 10.2 Å². The fraction of sp³-hybridized carbons (Fsp3) is 0.750. The molecule has 1 N–H and O–H groups in total. The minimum absolute atomic E-state index is 0.0968. The molecule has 1 amide bonds. The van der Waals surface area contributed by atoms with Gasteiger partial charge in [-0.2, -0.15) is 0 Å². The highest BCUT2D eigenvalue weighted by molar-refractivity contribution is 5.81. The molecule has 0 fully saturated rings. The van der Waals surface area contributed by atoms with Crippen molar-refractivity contribution in [3.8, 4) is 0 Å². The lowest BCUT2D eigenvalue weighted by molar-refractivity contribution is -0.132. The van der Waals surface area contributed by atoms with Crippen LogP contribution in [0.25, 0.3) is 0 Å². The van der Waals surface area contributed by atoms with E-state index in [9.17, 15) is 4.79 Å². The molecule has 1 atom stereocenters. The van der Waals surface area contributed by atoms with Crippen molar-refractivity contribution in [1.29, 1.82) is 0 Å². The number of hydrogen-bond donors (Lipinski definition) is 1. The zero-order chi connectivity index (χ0) is 11.8. The number of likely N-dealkylation sites (N-methyl/N-ethyl adjacent to an activating group) is 1. The first-order chi connectivity index (χ1) is 7.02. The van der Waals surface area contributed by atoms with E-state index in [2.05, 4.69) is 25.2 Å². The molecule has 0 aromatic carbocycles. The van der Waals surface area contributed by atoms with Gasteiger partial charge in [-0.25, -0.2) is 0 Å². The summed E-state index contributed by atoms with van der Waals surface area (Å²) in [5, 5.41) is 3.20. The second-order valence-electron chi connectivity index (χ2n) is 3.92. The van der Waals surface area contributed by atoms with E-state index in [-0.39, 0.29) is 11.9 Å². The first kappa shape index (κ1) is 14.2.